The molecule has 1 aliphatic rings. The number of likely N-dealkylation sites (tertiary alicyclic amines) is 1. The molecule has 1 N–H and O–H groups in total. The lowest BCUT2D eigenvalue weighted by molar-refractivity contribution is -0.142. The Hall–Kier alpha value is -2.17. The van der Waals surface area contributed by atoms with Crippen molar-refractivity contribution in [3.8, 4) is 0 Å². The molecule has 1 aliphatic heterocycles. The van der Waals surface area contributed by atoms with Crippen molar-refractivity contribution in [2.24, 2.45) is 17.3 Å². The fourth-order valence-corrected chi connectivity index (χ4v) is 3.24. The van der Waals surface area contributed by atoms with E-state index in [1.807, 2.05) is 39.0 Å². The Morgan fingerprint density at radius 3 is 2.29 bits per heavy atom. The number of carboxylic acids is 1. The van der Waals surface area contributed by atoms with E-state index in [2.05, 4.69) is 0 Å². The van der Waals surface area contributed by atoms with Crippen LogP contribution in [0.15, 0.2) is 30.3 Å². The molecule has 1 aromatic carbocycles. The molecule has 1 amide bonds. The van der Waals surface area contributed by atoms with Crippen LogP contribution in [0, 0.1) is 17.3 Å². The fourth-order valence-electron chi connectivity index (χ4n) is 3.24. The normalized spacial score (nSPS) is 20.9. The van der Waals surface area contributed by atoms with Gasteiger partial charge in [0.05, 0.1) is 5.92 Å². The van der Waals surface area contributed by atoms with Crippen molar-refractivity contribution in [3.63, 3.8) is 0 Å². The van der Waals surface area contributed by atoms with Crippen LogP contribution in [-0.4, -0.2) is 40.8 Å². The van der Waals surface area contributed by atoms with Gasteiger partial charge < -0.3 is 10.0 Å². The van der Waals surface area contributed by atoms with Gasteiger partial charge in [-0.2, -0.15) is 0 Å². The number of amides is 1. The van der Waals surface area contributed by atoms with Crippen molar-refractivity contribution in [2.45, 2.75) is 33.6 Å². The smallest absolute Gasteiger partial charge is 0.308 e. The predicted octanol–water partition coefficient (Wildman–Crippen LogP) is 2.85. The zero-order chi connectivity index (χ0) is 17.9. The molecule has 0 radical (unpaired) electrons. The SMILES string of the molecule is C[C@@H]1CN(C(=O)CC(C)(C)CC(=O)c2ccccc2)C[C@H]1C(=O)O. The van der Waals surface area contributed by atoms with Gasteiger partial charge in [-0.15, -0.1) is 0 Å². The Morgan fingerprint density at radius 2 is 1.75 bits per heavy atom. The van der Waals surface area contributed by atoms with Crippen molar-refractivity contribution in [1.82, 2.24) is 4.90 Å². The second-order valence-corrected chi connectivity index (χ2v) is 7.53. The molecule has 5 heteroatoms. The van der Waals surface area contributed by atoms with Gasteiger partial charge in [-0.1, -0.05) is 51.1 Å². The standard InChI is InChI=1S/C19H25NO4/c1-13-11-20(12-15(13)18(23)24)17(22)10-19(2,3)9-16(21)14-7-5-4-6-8-14/h4-8,13,15H,9-12H2,1-3H3,(H,23,24)/t13-,15-/m1/s1. The summed E-state index contributed by atoms with van der Waals surface area (Å²) < 4.78 is 0. The number of carbonyl (C=O) groups is 3. The van der Waals surface area contributed by atoms with Crippen LogP contribution in [-0.2, 0) is 9.59 Å². The number of aliphatic carboxylic acids is 1. The highest BCUT2D eigenvalue weighted by atomic mass is 16.4. The maximum Gasteiger partial charge on any atom is 0.308 e. The summed E-state index contributed by atoms with van der Waals surface area (Å²) in [5.41, 5.74) is 0.188. The van der Waals surface area contributed by atoms with Crippen LogP contribution in [0.2, 0.25) is 0 Å². The van der Waals surface area contributed by atoms with Crippen LogP contribution in [0.1, 0.15) is 44.0 Å². The predicted molar refractivity (Wildman–Crippen MR) is 90.7 cm³/mol. The lowest BCUT2D eigenvalue weighted by atomic mass is 9.82. The number of benzene rings is 1. The summed E-state index contributed by atoms with van der Waals surface area (Å²) >= 11 is 0. The van der Waals surface area contributed by atoms with Gasteiger partial charge in [-0.05, 0) is 11.3 Å². The third-order valence-corrected chi connectivity index (χ3v) is 4.65. The van der Waals surface area contributed by atoms with E-state index >= 15 is 0 Å². The first-order valence-electron chi connectivity index (χ1n) is 8.28. The molecule has 0 spiro atoms. The first-order valence-corrected chi connectivity index (χ1v) is 8.28. The summed E-state index contributed by atoms with van der Waals surface area (Å²) in [6.45, 7) is 6.40. The molecule has 130 valence electrons. The molecule has 1 aromatic rings. The van der Waals surface area contributed by atoms with Crippen LogP contribution in [0.3, 0.4) is 0 Å². The molecule has 0 aromatic heterocycles. The minimum Gasteiger partial charge on any atom is -0.481 e. The van der Waals surface area contributed by atoms with Gasteiger partial charge in [0.15, 0.2) is 5.78 Å². The molecule has 2 atom stereocenters. The summed E-state index contributed by atoms with van der Waals surface area (Å²) in [5.74, 6) is -1.44. The molecule has 1 heterocycles. The lowest BCUT2D eigenvalue weighted by Crippen LogP contribution is -2.34. The second kappa shape index (κ2) is 7.16. The van der Waals surface area contributed by atoms with Crippen molar-refractivity contribution in [3.05, 3.63) is 35.9 Å². The zero-order valence-corrected chi connectivity index (χ0v) is 14.5. The van der Waals surface area contributed by atoms with Gasteiger partial charge in [0.1, 0.15) is 0 Å². The molecule has 0 aliphatic carbocycles. The third kappa shape index (κ3) is 4.43. The van der Waals surface area contributed by atoms with Crippen LogP contribution < -0.4 is 0 Å². The molecule has 1 saturated heterocycles. The molecule has 0 unspecified atom stereocenters. The van der Waals surface area contributed by atoms with Gasteiger partial charge in [0.25, 0.3) is 0 Å². The topological polar surface area (TPSA) is 74.7 Å². The summed E-state index contributed by atoms with van der Waals surface area (Å²) in [5, 5.41) is 9.18. The molecule has 24 heavy (non-hydrogen) atoms. The van der Waals surface area contributed by atoms with Crippen molar-refractivity contribution >= 4 is 17.7 Å². The van der Waals surface area contributed by atoms with Crippen LogP contribution in [0.25, 0.3) is 0 Å². The van der Waals surface area contributed by atoms with Gasteiger partial charge in [0, 0.05) is 31.5 Å². The number of nitrogens with zero attached hydrogens (tertiary/aromatic N) is 1. The maximum atomic E-state index is 12.5. The largest absolute Gasteiger partial charge is 0.481 e. The van der Waals surface area contributed by atoms with Crippen molar-refractivity contribution < 1.29 is 19.5 Å². The van der Waals surface area contributed by atoms with E-state index in [0.717, 1.165) is 0 Å². The number of carboxylic acid groups (broad SMARTS) is 1. The molecule has 0 bridgehead atoms. The highest BCUT2D eigenvalue weighted by Gasteiger charge is 2.38. The van der Waals surface area contributed by atoms with E-state index in [1.165, 1.54) is 0 Å². The number of hydrogen-bond donors (Lipinski definition) is 1. The highest BCUT2D eigenvalue weighted by Crippen LogP contribution is 2.30. The third-order valence-electron chi connectivity index (χ3n) is 4.65. The summed E-state index contributed by atoms with van der Waals surface area (Å²) in [6.07, 6.45) is 0.527. The first kappa shape index (κ1) is 18.2. The molecular weight excluding hydrogens is 306 g/mol. The molecule has 2 rings (SSSR count). The highest BCUT2D eigenvalue weighted by molar-refractivity contribution is 5.96. The first-order chi connectivity index (χ1) is 11.2. The monoisotopic (exact) mass is 331 g/mol. The number of rotatable bonds is 6. The molecule has 1 fully saturated rings. The summed E-state index contributed by atoms with van der Waals surface area (Å²) in [6, 6.07) is 9.06. The van der Waals surface area contributed by atoms with E-state index < -0.39 is 17.3 Å². The average molecular weight is 331 g/mol. The van der Waals surface area contributed by atoms with E-state index in [-0.39, 0.29) is 37.0 Å². The van der Waals surface area contributed by atoms with Gasteiger partial charge >= 0.3 is 5.97 Å². The average Bonchev–Trinajstić information content (AvgIpc) is 2.89. The van der Waals surface area contributed by atoms with Gasteiger partial charge in [0.2, 0.25) is 5.91 Å². The van der Waals surface area contributed by atoms with Crippen molar-refractivity contribution in [2.75, 3.05) is 13.1 Å². The quantitative estimate of drug-likeness (QED) is 0.813. The Balaban J connectivity index is 1.95. The Labute approximate surface area is 142 Å². The minimum atomic E-state index is -0.851. The van der Waals surface area contributed by atoms with Gasteiger partial charge in [-0.3, -0.25) is 14.4 Å². The number of ketones is 1. The van der Waals surface area contributed by atoms with E-state index in [1.54, 1.807) is 17.0 Å². The van der Waals surface area contributed by atoms with E-state index in [9.17, 15) is 19.5 Å². The van der Waals surface area contributed by atoms with E-state index in [4.69, 9.17) is 0 Å². The summed E-state index contributed by atoms with van der Waals surface area (Å²) in [4.78, 5) is 37.7. The molecule has 0 saturated carbocycles. The van der Waals surface area contributed by atoms with Crippen LogP contribution in [0.4, 0.5) is 0 Å². The minimum absolute atomic E-state index is 0.0200. The maximum absolute atomic E-state index is 12.5. The Morgan fingerprint density at radius 1 is 1.12 bits per heavy atom. The lowest BCUT2D eigenvalue weighted by Gasteiger charge is -2.26. The second-order valence-electron chi connectivity index (χ2n) is 7.53. The van der Waals surface area contributed by atoms with Crippen LogP contribution >= 0.6 is 0 Å². The Kier molecular flexibility index (Phi) is 5.42. The zero-order valence-electron chi connectivity index (χ0n) is 14.5. The summed E-state index contributed by atoms with van der Waals surface area (Å²) in [7, 11) is 0. The number of carbonyl (C=O) groups excluding carboxylic acids is 2. The molecule has 5 nitrogen and oxygen atoms in total. The van der Waals surface area contributed by atoms with E-state index in [0.29, 0.717) is 12.1 Å². The van der Waals surface area contributed by atoms with Crippen molar-refractivity contribution in [1.29, 1.82) is 0 Å². The van der Waals surface area contributed by atoms with Crippen LogP contribution in [0.5, 0.6) is 0 Å². The fraction of sp³-hybridized carbons (Fsp3) is 0.526. The number of Topliss-reactive ketones (excluding diaryl/α,β-unsaturated/α-hetero) is 1. The Bertz CT molecular complexity index is 624. The number of hydrogen-bond acceptors (Lipinski definition) is 3. The van der Waals surface area contributed by atoms with Gasteiger partial charge in [-0.25, -0.2) is 0 Å². The molecular formula is C19H25NO4.